The van der Waals surface area contributed by atoms with Crippen LogP contribution >= 0.6 is 0 Å². The number of benzene rings is 2. The van der Waals surface area contributed by atoms with Crippen molar-refractivity contribution in [2.45, 2.75) is 56.3 Å². The number of aliphatic carboxylic acids is 1. The van der Waals surface area contributed by atoms with E-state index < -0.39 is 33.5 Å². The predicted molar refractivity (Wildman–Crippen MR) is 126 cm³/mol. The predicted octanol–water partition coefficient (Wildman–Crippen LogP) is 3.86. The number of hydrogen-bond acceptors (Lipinski definition) is 5. The number of ether oxygens (including phenoxy) is 1. The second-order valence-corrected chi connectivity index (χ2v) is 10.8. The van der Waals surface area contributed by atoms with E-state index in [0.717, 1.165) is 4.31 Å². The molecule has 0 amide bonds. The van der Waals surface area contributed by atoms with Crippen molar-refractivity contribution in [3.63, 3.8) is 0 Å². The molecule has 1 aliphatic rings. The molecule has 184 valence electrons. The number of halogens is 1. The van der Waals surface area contributed by atoms with Crippen molar-refractivity contribution in [1.29, 1.82) is 0 Å². The maximum absolute atomic E-state index is 14.1. The topological polar surface area (TPSA) is 106 Å². The molecule has 1 saturated heterocycles. The Kier molecular flexibility index (Phi) is 6.29. The van der Waals surface area contributed by atoms with E-state index in [1.165, 1.54) is 41.9 Å². The molecular formula is C24H25FN4O5S. The van der Waals surface area contributed by atoms with Crippen molar-refractivity contribution in [3.8, 4) is 5.75 Å². The molecular weight excluding hydrogens is 475 g/mol. The quantitative estimate of drug-likeness (QED) is 0.494. The summed E-state index contributed by atoms with van der Waals surface area (Å²) in [6, 6.07) is 9.34. The molecule has 1 aromatic heterocycles. The number of fused-ring (bicyclic) bond motifs is 1. The second-order valence-electron chi connectivity index (χ2n) is 8.98. The average molecular weight is 501 g/mol. The van der Waals surface area contributed by atoms with Crippen molar-refractivity contribution >= 4 is 26.9 Å². The third kappa shape index (κ3) is 4.59. The average Bonchev–Trinajstić information content (AvgIpc) is 3.31. The van der Waals surface area contributed by atoms with Gasteiger partial charge >= 0.3 is 11.6 Å². The van der Waals surface area contributed by atoms with E-state index in [1.807, 2.05) is 13.8 Å². The van der Waals surface area contributed by atoms with Gasteiger partial charge in [0.1, 0.15) is 11.6 Å². The van der Waals surface area contributed by atoms with Gasteiger partial charge in [0, 0.05) is 18.9 Å². The van der Waals surface area contributed by atoms with Crippen LogP contribution in [0.4, 0.5) is 4.39 Å². The van der Waals surface area contributed by atoms with Crippen LogP contribution in [-0.2, 0) is 21.2 Å². The first-order valence-electron chi connectivity index (χ1n) is 11.0. The molecule has 0 spiro atoms. The Morgan fingerprint density at radius 1 is 1.31 bits per heavy atom. The van der Waals surface area contributed by atoms with Gasteiger partial charge in [-0.25, -0.2) is 19.4 Å². The first kappa shape index (κ1) is 24.6. The van der Waals surface area contributed by atoms with E-state index in [0.29, 0.717) is 16.7 Å². The highest BCUT2D eigenvalue weighted by molar-refractivity contribution is 7.89. The Labute approximate surface area is 202 Å². The summed E-state index contributed by atoms with van der Waals surface area (Å²) in [6.07, 6.45) is -0.333. The van der Waals surface area contributed by atoms with Crippen LogP contribution in [0.2, 0.25) is 0 Å². The molecule has 3 aromatic rings. The van der Waals surface area contributed by atoms with Crippen molar-refractivity contribution < 1.29 is 27.4 Å². The van der Waals surface area contributed by atoms with E-state index in [-0.39, 0.29) is 36.1 Å². The molecule has 0 saturated carbocycles. The Balaban J connectivity index is 1.73. The summed E-state index contributed by atoms with van der Waals surface area (Å²) >= 11 is 0. The Bertz CT molecular complexity index is 1430. The van der Waals surface area contributed by atoms with Crippen LogP contribution in [0.1, 0.15) is 38.9 Å². The lowest BCUT2D eigenvalue weighted by Gasteiger charge is -2.23. The van der Waals surface area contributed by atoms with Crippen molar-refractivity contribution in [2.75, 3.05) is 6.54 Å². The lowest BCUT2D eigenvalue weighted by atomic mass is 10.1. The normalized spacial score (nSPS) is 20.9. The maximum atomic E-state index is 14.1. The van der Waals surface area contributed by atoms with E-state index in [2.05, 4.69) is 9.94 Å². The smallest absolute Gasteiger partial charge is 0.309 e. The molecule has 2 heterocycles. The molecule has 0 bridgehead atoms. The molecule has 11 heteroatoms. The molecule has 2 aromatic carbocycles. The van der Waals surface area contributed by atoms with Gasteiger partial charge in [0.2, 0.25) is 10.0 Å². The van der Waals surface area contributed by atoms with Gasteiger partial charge in [-0.2, -0.15) is 5.10 Å². The number of sulfonamides is 1. The van der Waals surface area contributed by atoms with Gasteiger partial charge < -0.3 is 9.84 Å². The number of hydrogen-bond donors (Lipinski definition) is 1. The number of carbonyl (C=O) groups is 1. The molecule has 9 nitrogen and oxygen atoms in total. The highest BCUT2D eigenvalue weighted by atomic mass is 32.2. The number of carboxylic acid groups (broad SMARTS) is 1. The van der Waals surface area contributed by atoms with Crippen LogP contribution in [-0.4, -0.2) is 51.9 Å². The first-order valence-corrected chi connectivity index (χ1v) is 12.5. The Morgan fingerprint density at radius 2 is 2.00 bits per heavy atom. The van der Waals surface area contributed by atoms with Gasteiger partial charge in [-0.3, -0.25) is 14.3 Å². The SMILES string of the molecule is [C-]#[N+][C@@]1(C)C[C@@H](n2nc(CC(=O)O)c3ccc(F)cc32)CN1S(=O)(=O)c1ccc(OC(C)C)cc1. The molecule has 4 rings (SSSR count). The molecule has 1 N–H and O–H groups in total. The molecule has 1 fully saturated rings. The summed E-state index contributed by atoms with van der Waals surface area (Å²) in [7, 11) is -4.06. The minimum absolute atomic E-state index is 0.0204. The maximum Gasteiger partial charge on any atom is 0.309 e. The van der Waals surface area contributed by atoms with E-state index >= 15 is 0 Å². The summed E-state index contributed by atoms with van der Waals surface area (Å²) in [5.74, 6) is -1.09. The van der Waals surface area contributed by atoms with Crippen LogP contribution in [0.5, 0.6) is 5.75 Å². The highest BCUT2D eigenvalue weighted by Crippen LogP contribution is 2.42. The monoisotopic (exact) mass is 500 g/mol. The minimum atomic E-state index is -4.06. The van der Waals surface area contributed by atoms with E-state index in [1.54, 1.807) is 12.1 Å². The zero-order chi connectivity index (χ0) is 25.5. The summed E-state index contributed by atoms with van der Waals surface area (Å²) in [5.41, 5.74) is -0.804. The van der Waals surface area contributed by atoms with Crippen LogP contribution in [0.3, 0.4) is 0 Å². The number of aromatic nitrogens is 2. The minimum Gasteiger partial charge on any atom is -0.491 e. The van der Waals surface area contributed by atoms with Crippen molar-refractivity contribution in [2.24, 2.45) is 0 Å². The molecule has 1 aliphatic heterocycles. The van der Waals surface area contributed by atoms with Crippen molar-refractivity contribution in [3.05, 3.63) is 65.4 Å². The van der Waals surface area contributed by atoms with E-state index in [4.69, 9.17) is 11.3 Å². The van der Waals surface area contributed by atoms with Crippen molar-refractivity contribution in [1.82, 2.24) is 14.1 Å². The molecule has 0 aliphatic carbocycles. The van der Waals surface area contributed by atoms with Gasteiger partial charge in [-0.15, -0.1) is 4.31 Å². The third-order valence-corrected chi connectivity index (χ3v) is 7.96. The fourth-order valence-corrected chi connectivity index (χ4v) is 6.18. The summed E-state index contributed by atoms with van der Waals surface area (Å²) in [6.45, 7) is 12.9. The molecule has 35 heavy (non-hydrogen) atoms. The van der Waals surface area contributed by atoms with Gasteiger partial charge in [-0.1, -0.05) is 0 Å². The number of carboxylic acids is 1. The second kappa shape index (κ2) is 8.94. The highest BCUT2D eigenvalue weighted by Gasteiger charge is 2.55. The zero-order valence-corrected chi connectivity index (χ0v) is 20.3. The van der Waals surface area contributed by atoms with E-state index in [9.17, 15) is 22.7 Å². The lowest BCUT2D eigenvalue weighted by molar-refractivity contribution is -0.136. The van der Waals surface area contributed by atoms with Gasteiger partial charge in [-0.05, 0) is 56.3 Å². The molecule has 0 unspecified atom stereocenters. The van der Waals surface area contributed by atoms with Crippen LogP contribution in [0.15, 0.2) is 47.4 Å². The first-order chi connectivity index (χ1) is 16.4. The number of rotatable bonds is 7. The zero-order valence-electron chi connectivity index (χ0n) is 19.5. The lowest BCUT2D eigenvalue weighted by Crippen LogP contribution is -2.42. The summed E-state index contributed by atoms with van der Waals surface area (Å²) < 4.78 is 49.4. The molecule has 2 atom stereocenters. The summed E-state index contributed by atoms with van der Waals surface area (Å²) in [4.78, 5) is 15.0. The largest absolute Gasteiger partial charge is 0.491 e. The van der Waals surface area contributed by atoms with Crippen LogP contribution in [0, 0.1) is 12.4 Å². The van der Waals surface area contributed by atoms with Crippen LogP contribution in [0.25, 0.3) is 15.7 Å². The fourth-order valence-electron chi connectivity index (χ4n) is 4.44. The fraction of sp³-hybridized carbons (Fsp3) is 0.375. The van der Waals surface area contributed by atoms with Gasteiger partial charge in [0.05, 0.1) is 41.1 Å². The third-order valence-electron chi connectivity index (χ3n) is 5.97. The standard InChI is InChI=1S/C24H25FN4O5S/c1-15(2)34-18-6-8-19(9-7-18)35(32,33)28-14-17(13-24(28,3)26-4)29-22-11-16(25)5-10-20(22)21(27-29)12-23(30)31/h5-11,15,17H,12-14H2,1-3H3,(H,30,31)/t17-,24-/m1/s1. The Morgan fingerprint density at radius 3 is 2.60 bits per heavy atom. The number of nitrogens with zero attached hydrogens (tertiary/aromatic N) is 4. The van der Waals surface area contributed by atoms with Crippen LogP contribution < -0.4 is 4.74 Å². The Hall–Kier alpha value is -3.49. The van der Waals surface area contributed by atoms with Gasteiger partial charge in [0.15, 0.2) is 0 Å². The molecule has 0 radical (unpaired) electrons. The van der Waals surface area contributed by atoms with Gasteiger partial charge in [0.25, 0.3) is 0 Å². The summed E-state index contributed by atoms with van der Waals surface area (Å²) in [5, 5.41) is 14.1.